The van der Waals surface area contributed by atoms with Crippen molar-refractivity contribution in [2.45, 2.75) is 42.8 Å². The van der Waals surface area contributed by atoms with Crippen molar-refractivity contribution in [2.75, 3.05) is 7.11 Å². The van der Waals surface area contributed by atoms with Crippen molar-refractivity contribution in [2.24, 2.45) is 5.92 Å². The van der Waals surface area contributed by atoms with Crippen LogP contribution in [-0.2, 0) is 25.7 Å². The molecular weight excluding hydrogens is 416 g/mol. The van der Waals surface area contributed by atoms with E-state index in [4.69, 9.17) is 9.47 Å². The van der Waals surface area contributed by atoms with Gasteiger partial charge in [-0.05, 0) is 23.6 Å². The summed E-state index contributed by atoms with van der Waals surface area (Å²) in [6, 6.07) is 17.3. The van der Waals surface area contributed by atoms with Gasteiger partial charge in [-0.1, -0.05) is 74.1 Å². The van der Waals surface area contributed by atoms with Crippen molar-refractivity contribution in [3.05, 3.63) is 66.2 Å². The van der Waals surface area contributed by atoms with Crippen LogP contribution in [0.3, 0.4) is 0 Å². The Kier molecular flexibility index (Phi) is 7.57. The molecule has 0 aliphatic carbocycles. The van der Waals surface area contributed by atoms with Crippen LogP contribution in [-0.4, -0.2) is 47.4 Å². The molecule has 0 bridgehead atoms. The number of benzene rings is 2. The molecule has 0 saturated carbocycles. The first-order valence-corrected chi connectivity index (χ1v) is 10.9. The second-order valence-corrected chi connectivity index (χ2v) is 8.65. The number of carbonyl (C=O) groups excluding carboxylic acids is 3. The number of β-lactam (4-membered cyclic amide) rings is 1. The van der Waals surface area contributed by atoms with E-state index in [1.165, 1.54) is 23.8 Å². The molecule has 7 nitrogen and oxygen atoms in total. The van der Waals surface area contributed by atoms with E-state index < -0.39 is 29.5 Å². The molecule has 0 radical (unpaired) electrons. The van der Waals surface area contributed by atoms with E-state index in [-0.39, 0.29) is 18.4 Å². The van der Waals surface area contributed by atoms with Crippen LogP contribution >= 0.6 is 11.8 Å². The molecule has 3 rings (SSSR count). The average molecular weight is 443 g/mol. The lowest BCUT2D eigenvalue weighted by atomic mass is 9.96. The van der Waals surface area contributed by atoms with Gasteiger partial charge in [0.05, 0.1) is 7.11 Å². The molecule has 2 aromatic rings. The van der Waals surface area contributed by atoms with Gasteiger partial charge in [-0.3, -0.25) is 4.79 Å². The Labute approximate surface area is 186 Å². The van der Waals surface area contributed by atoms with Crippen molar-refractivity contribution in [1.82, 2.24) is 10.2 Å². The molecule has 1 N–H and O–H groups in total. The second kappa shape index (κ2) is 10.3. The van der Waals surface area contributed by atoms with Crippen molar-refractivity contribution >= 4 is 29.7 Å². The number of thioether (sulfide) groups is 1. The first-order valence-electron chi connectivity index (χ1n) is 10.0. The fourth-order valence-electron chi connectivity index (χ4n) is 3.40. The van der Waals surface area contributed by atoms with Crippen LogP contribution in [0.4, 0.5) is 4.79 Å². The number of hydrogen-bond acceptors (Lipinski definition) is 6. The van der Waals surface area contributed by atoms with Crippen LogP contribution in [0.5, 0.6) is 0 Å². The number of amides is 2. The molecule has 2 aromatic carbocycles. The second-order valence-electron chi connectivity index (χ2n) is 7.46. The molecule has 1 heterocycles. The van der Waals surface area contributed by atoms with Gasteiger partial charge in [-0.2, -0.15) is 0 Å². The lowest BCUT2D eigenvalue weighted by Crippen LogP contribution is -2.73. The summed E-state index contributed by atoms with van der Waals surface area (Å²) in [6.45, 7) is 3.81. The summed E-state index contributed by atoms with van der Waals surface area (Å²) in [6.07, 6.45) is -0.681. The Bertz CT molecular complexity index is 907. The zero-order valence-electron chi connectivity index (χ0n) is 17.7. The average Bonchev–Trinajstić information content (AvgIpc) is 2.79. The van der Waals surface area contributed by atoms with E-state index in [0.717, 1.165) is 10.5 Å². The van der Waals surface area contributed by atoms with Gasteiger partial charge >= 0.3 is 12.1 Å². The topological polar surface area (TPSA) is 84.9 Å². The minimum atomic E-state index is -0.806. The van der Waals surface area contributed by atoms with Crippen LogP contribution < -0.4 is 5.32 Å². The van der Waals surface area contributed by atoms with Crippen LogP contribution in [0.25, 0.3) is 0 Å². The Morgan fingerprint density at radius 1 is 1.06 bits per heavy atom. The Morgan fingerprint density at radius 2 is 1.68 bits per heavy atom. The third-order valence-corrected chi connectivity index (χ3v) is 6.22. The number of likely N-dealkylation sites (tertiary alicyclic amines) is 1. The maximum absolute atomic E-state index is 13.0. The third kappa shape index (κ3) is 5.38. The highest BCUT2D eigenvalue weighted by Gasteiger charge is 2.54. The standard InChI is InChI=1S/C23H26N2O5S/c1-15(2)19(22(27)29-3)25-20(26)18(21(25)31-17-12-8-5-9-13-17)24-23(28)30-14-16-10-6-4-7-11-16/h4-13,15,18-19,21H,14H2,1-3H3,(H,24,28)/t18-,19+,21+/m0/s1. The molecule has 2 amide bonds. The van der Waals surface area contributed by atoms with E-state index in [1.54, 1.807) is 0 Å². The molecule has 0 spiro atoms. The molecule has 3 atom stereocenters. The maximum Gasteiger partial charge on any atom is 0.408 e. The minimum absolute atomic E-state index is 0.102. The molecule has 164 valence electrons. The summed E-state index contributed by atoms with van der Waals surface area (Å²) in [7, 11) is 1.30. The van der Waals surface area contributed by atoms with E-state index in [2.05, 4.69) is 5.32 Å². The van der Waals surface area contributed by atoms with Gasteiger partial charge in [-0.15, -0.1) is 0 Å². The molecule has 1 aliphatic heterocycles. The maximum atomic E-state index is 13.0. The summed E-state index contributed by atoms with van der Waals surface area (Å²) >= 11 is 1.41. The summed E-state index contributed by atoms with van der Waals surface area (Å²) in [5.74, 6) is -0.970. The van der Waals surface area contributed by atoms with E-state index >= 15 is 0 Å². The lowest BCUT2D eigenvalue weighted by Gasteiger charge is -2.50. The molecule has 1 saturated heterocycles. The summed E-state index contributed by atoms with van der Waals surface area (Å²) in [4.78, 5) is 40.1. The smallest absolute Gasteiger partial charge is 0.408 e. The van der Waals surface area contributed by atoms with Crippen LogP contribution in [0, 0.1) is 5.92 Å². The predicted molar refractivity (Wildman–Crippen MR) is 117 cm³/mol. The number of nitrogens with zero attached hydrogens (tertiary/aromatic N) is 1. The number of ether oxygens (including phenoxy) is 2. The van der Waals surface area contributed by atoms with E-state index in [0.29, 0.717) is 0 Å². The van der Waals surface area contributed by atoms with Gasteiger partial charge < -0.3 is 19.7 Å². The van der Waals surface area contributed by atoms with Gasteiger partial charge in [0.2, 0.25) is 5.91 Å². The normalized spacial score (nSPS) is 18.8. The van der Waals surface area contributed by atoms with E-state index in [9.17, 15) is 14.4 Å². The number of rotatable bonds is 8. The van der Waals surface area contributed by atoms with Crippen molar-refractivity contribution in [3.8, 4) is 0 Å². The third-order valence-electron chi connectivity index (χ3n) is 4.94. The fourth-order valence-corrected chi connectivity index (χ4v) is 4.66. The number of carbonyl (C=O) groups is 3. The highest BCUT2D eigenvalue weighted by Crippen LogP contribution is 2.38. The first kappa shape index (κ1) is 22.7. The molecule has 0 aromatic heterocycles. The predicted octanol–water partition coefficient (Wildman–Crippen LogP) is 3.44. The van der Waals surface area contributed by atoms with Crippen molar-refractivity contribution in [3.63, 3.8) is 0 Å². The fraction of sp³-hybridized carbons (Fsp3) is 0.348. The number of alkyl carbamates (subject to hydrolysis) is 1. The van der Waals surface area contributed by atoms with Crippen molar-refractivity contribution in [1.29, 1.82) is 0 Å². The van der Waals surface area contributed by atoms with Gasteiger partial charge in [0.15, 0.2) is 0 Å². The minimum Gasteiger partial charge on any atom is -0.467 e. The highest BCUT2D eigenvalue weighted by molar-refractivity contribution is 8.00. The summed E-state index contributed by atoms with van der Waals surface area (Å²) in [5, 5.41) is 2.20. The van der Waals surface area contributed by atoms with Crippen molar-refractivity contribution < 1.29 is 23.9 Å². The SMILES string of the molecule is COC(=O)[C@@H](C(C)C)N1C(=O)[C@H](NC(=O)OCc2ccccc2)[C@H]1Sc1ccccc1. The Morgan fingerprint density at radius 3 is 2.26 bits per heavy atom. The summed E-state index contributed by atoms with van der Waals surface area (Å²) < 4.78 is 10.2. The number of hydrogen-bond donors (Lipinski definition) is 1. The van der Waals surface area contributed by atoms with Gasteiger partial charge in [0.25, 0.3) is 0 Å². The largest absolute Gasteiger partial charge is 0.467 e. The van der Waals surface area contributed by atoms with Crippen LogP contribution in [0.2, 0.25) is 0 Å². The zero-order valence-corrected chi connectivity index (χ0v) is 18.5. The lowest BCUT2D eigenvalue weighted by molar-refractivity contribution is -0.164. The quantitative estimate of drug-likeness (QED) is 0.498. The highest BCUT2D eigenvalue weighted by atomic mass is 32.2. The van der Waals surface area contributed by atoms with Gasteiger partial charge in [-0.25, -0.2) is 9.59 Å². The van der Waals surface area contributed by atoms with Crippen LogP contribution in [0.1, 0.15) is 19.4 Å². The Hall–Kier alpha value is -3.00. The van der Waals surface area contributed by atoms with E-state index in [1.807, 2.05) is 74.5 Å². The molecule has 1 aliphatic rings. The van der Waals surface area contributed by atoms with Crippen LogP contribution in [0.15, 0.2) is 65.6 Å². The number of methoxy groups -OCH3 is 1. The number of esters is 1. The zero-order chi connectivity index (χ0) is 22.4. The Balaban J connectivity index is 1.74. The van der Waals surface area contributed by atoms with Gasteiger partial charge in [0, 0.05) is 4.90 Å². The molecular formula is C23H26N2O5S. The monoisotopic (exact) mass is 442 g/mol. The molecule has 8 heteroatoms. The number of nitrogens with one attached hydrogen (secondary N) is 1. The first-order chi connectivity index (χ1) is 14.9. The molecule has 1 fully saturated rings. The summed E-state index contributed by atoms with van der Waals surface area (Å²) in [5.41, 5.74) is 0.847. The molecule has 31 heavy (non-hydrogen) atoms. The molecule has 0 unspecified atom stereocenters. The van der Waals surface area contributed by atoms with Gasteiger partial charge in [0.1, 0.15) is 24.1 Å².